The Labute approximate surface area is 205 Å². The van der Waals surface area contributed by atoms with Gasteiger partial charge in [0, 0.05) is 29.5 Å². The van der Waals surface area contributed by atoms with Crippen LogP contribution in [0.25, 0.3) is 11.4 Å². The van der Waals surface area contributed by atoms with Crippen LogP contribution in [-0.2, 0) is 12.8 Å². The largest absolute Gasteiger partial charge is 0.493 e. The van der Waals surface area contributed by atoms with Crippen molar-refractivity contribution < 1.29 is 23.2 Å². The Morgan fingerprint density at radius 3 is 2.47 bits per heavy atom. The highest BCUT2D eigenvalue weighted by Gasteiger charge is 2.20. The van der Waals surface area contributed by atoms with Crippen LogP contribution in [0.4, 0.5) is 0 Å². The number of benzene rings is 2. The molecule has 0 bridgehead atoms. The monoisotopic (exact) mass is 525 g/mol. The third-order valence-electron chi connectivity index (χ3n) is 5.30. The predicted molar refractivity (Wildman–Crippen MR) is 129 cm³/mol. The first-order valence-corrected chi connectivity index (χ1v) is 11.5. The number of nitrogens with zero attached hydrogens (tertiary/aromatic N) is 3. The topological polar surface area (TPSA) is 90.8 Å². The summed E-state index contributed by atoms with van der Waals surface area (Å²) in [5, 5.41) is 4.07. The van der Waals surface area contributed by atoms with Crippen molar-refractivity contribution in [2.45, 2.75) is 12.8 Å². The lowest BCUT2D eigenvalue weighted by molar-refractivity contribution is 0.0724. The maximum absolute atomic E-state index is 13.0. The summed E-state index contributed by atoms with van der Waals surface area (Å²) in [6.45, 7) is 0.873. The first-order valence-electron chi connectivity index (χ1n) is 10.7. The summed E-state index contributed by atoms with van der Waals surface area (Å²) in [6, 6.07) is 16.7. The molecule has 8 nitrogen and oxygen atoms in total. The molecule has 0 aliphatic heterocycles. The van der Waals surface area contributed by atoms with Crippen LogP contribution in [0.1, 0.15) is 22.0 Å². The molecule has 0 saturated carbocycles. The minimum Gasteiger partial charge on any atom is -0.493 e. The zero-order valence-electron chi connectivity index (χ0n) is 18.9. The molecule has 2 aromatic carbocycles. The normalized spacial score (nSPS) is 10.8. The van der Waals surface area contributed by atoms with Crippen LogP contribution >= 0.6 is 15.9 Å². The molecule has 0 aliphatic carbocycles. The number of hydrogen-bond donors (Lipinski definition) is 0. The standard InChI is InChI=1S/C25H24BrN3O5/c1-31-20-10-5-17(16-22(20)32-2)11-13-29(25(30)21-4-3-15-33-21)14-12-23-27-24(28-34-23)18-6-8-19(26)9-7-18/h3-10,15-16H,11-14H2,1-2H3. The van der Waals surface area contributed by atoms with Crippen LogP contribution in [0.3, 0.4) is 0 Å². The minimum absolute atomic E-state index is 0.196. The Balaban J connectivity index is 1.45. The van der Waals surface area contributed by atoms with Gasteiger partial charge < -0.3 is 23.3 Å². The van der Waals surface area contributed by atoms with Crippen molar-refractivity contribution in [1.29, 1.82) is 0 Å². The lowest BCUT2D eigenvalue weighted by atomic mass is 10.1. The molecule has 0 spiro atoms. The maximum atomic E-state index is 13.0. The Morgan fingerprint density at radius 2 is 1.76 bits per heavy atom. The van der Waals surface area contributed by atoms with Crippen molar-refractivity contribution in [2.75, 3.05) is 27.3 Å². The Hall–Kier alpha value is -3.59. The van der Waals surface area contributed by atoms with Crippen LogP contribution in [0, 0.1) is 0 Å². The molecule has 1 amide bonds. The summed E-state index contributed by atoms with van der Waals surface area (Å²) in [5.74, 6) is 2.37. The summed E-state index contributed by atoms with van der Waals surface area (Å²) in [7, 11) is 3.20. The quantitative estimate of drug-likeness (QED) is 0.286. The molecule has 0 unspecified atom stereocenters. The van der Waals surface area contributed by atoms with Crippen molar-refractivity contribution in [3.63, 3.8) is 0 Å². The van der Waals surface area contributed by atoms with E-state index < -0.39 is 0 Å². The molecule has 9 heteroatoms. The number of carbonyl (C=O) groups is 1. The Bertz CT molecular complexity index is 1220. The van der Waals surface area contributed by atoms with Crippen LogP contribution in [-0.4, -0.2) is 48.3 Å². The highest BCUT2D eigenvalue weighted by atomic mass is 79.9. The zero-order chi connectivity index (χ0) is 23.9. The van der Waals surface area contributed by atoms with E-state index >= 15 is 0 Å². The van der Waals surface area contributed by atoms with Gasteiger partial charge in [-0.3, -0.25) is 4.79 Å². The second-order valence-electron chi connectivity index (χ2n) is 7.48. The Morgan fingerprint density at radius 1 is 1.00 bits per heavy atom. The zero-order valence-corrected chi connectivity index (χ0v) is 20.4. The number of methoxy groups -OCH3 is 2. The van der Waals surface area contributed by atoms with Gasteiger partial charge >= 0.3 is 0 Å². The summed E-state index contributed by atoms with van der Waals surface area (Å²) >= 11 is 3.42. The molecule has 0 radical (unpaired) electrons. The first-order chi connectivity index (χ1) is 16.6. The van der Waals surface area contributed by atoms with Gasteiger partial charge in [-0.05, 0) is 60.5 Å². The number of halogens is 1. The highest BCUT2D eigenvalue weighted by molar-refractivity contribution is 9.10. The fraction of sp³-hybridized carbons (Fsp3) is 0.240. The van der Waals surface area contributed by atoms with E-state index in [-0.39, 0.29) is 11.7 Å². The van der Waals surface area contributed by atoms with Crippen molar-refractivity contribution >= 4 is 21.8 Å². The fourth-order valence-corrected chi connectivity index (χ4v) is 3.74. The molecule has 34 heavy (non-hydrogen) atoms. The van der Waals surface area contributed by atoms with Gasteiger partial charge in [0.25, 0.3) is 5.91 Å². The van der Waals surface area contributed by atoms with E-state index in [1.807, 2.05) is 42.5 Å². The summed E-state index contributed by atoms with van der Waals surface area (Å²) in [4.78, 5) is 19.2. The van der Waals surface area contributed by atoms with E-state index in [9.17, 15) is 4.79 Å². The van der Waals surface area contributed by atoms with E-state index in [4.69, 9.17) is 18.4 Å². The van der Waals surface area contributed by atoms with E-state index in [2.05, 4.69) is 26.1 Å². The second-order valence-corrected chi connectivity index (χ2v) is 8.39. The molecule has 0 fully saturated rings. The van der Waals surface area contributed by atoms with Gasteiger partial charge in [0.1, 0.15) is 0 Å². The second kappa shape index (κ2) is 11.0. The van der Waals surface area contributed by atoms with Crippen LogP contribution < -0.4 is 9.47 Å². The highest BCUT2D eigenvalue weighted by Crippen LogP contribution is 2.28. The fourth-order valence-electron chi connectivity index (χ4n) is 3.47. The third-order valence-corrected chi connectivity index (χ3v) is 5.83. The van der Waals surface area contributed by atoms with Crippen LogP contribution in [0.5, 0.6) is 11.5 Å². The van der Waals surface area contributed by atoms with Crippen molar-refractivity contribution in [1.82, 2.24) is 15.0 Å². The van der Waals surface area contributed by atoms with Crippen LogP contribution in [0.15, 0.2) is 74.3 Å². The molecular weight excluding hydrogens is 502 g/mol. The number of amides is 1. The molecule has 176 valence electrons. The van der Waals surface area contributed by atoms with Gasteiger partial charge in [-0.15, -0.1) is 0 Å². The lowest BCUT2D eigenvalue weighted by Crippen LogP contribution is -2.34. The van der Waals surface area contributed by atoms with Gasteiger partial charge in [0.2, 0.25) is 11.7 Å². The Kier molecular flexibility index (Phi) is 7.64. The van der Waals surface area contributed by atoms with E-state index in [0.717, 1.165) is 15.6 Å². The smallest absolute Gasteiger partial charge is 0.289 e. The molecule has 0 N–H and O–H groups in total. The SMILES string of the molecule is COc1ccc(CCN(CCc2nc(-c3ccc(Br)cc3)no2)C(=O)c2ccco2)cc1OC. The molecule has 2 aromatic heterocycles. The van der Waals surface area contributed by atoms with Gasteiger partial charge in [0.15, 0.2) is 17.3 Å². The first kappa shape index (κ1) is 23.6. The molecule has 2 heterocycles. The third kappa shape index (κ3) is 5.66. The average Bonchev–Trinajstić information content (AvgIpc) is 3.57. The molecular formula is C25H24BrN3O5. The number of rotatable bonds is 10. The summed E-state index contributed by atoms with van der Waals surface area (Å²) in [6.07, 6.45) is 2.53. The van der Waals surface area contributed by atoms with Crippen molar-refractivity contribution in [3.8, 4) is 22.9 Å². The van der Waals surface area contributed by atoms with Crippen molar-refractivity contribution in [3.05, 3.63) is 82.5 Å². The van der Waals surface area contributed by atoms with Gasteiger partial charge in [-0.2, -0.15) is 4.98 Å². The van der Waals surface area contributed by atoms with E-state index in [0.29, 0.717) is 49.1 Å². The maximum Gasteiger partial charge on any atom is 0.289 e. The number of carbonyl (C=O) groups excluding carboxylic acids is 1. The lowest BCUT2D eigenvalue weighted by Gasteiger charge is -2.21. The molecule has 4 aromatic rings. The number of ether oxygens (including phenoxy) is 2. The average molecular weight is 526 g/mol. The van der Waals surface area contributed by atoms with Crippen molar-refractivity contribution in [2.24, 2.45) is 0 Å². The van der Waals surface area contributed by atoms with Crippen LogP contribution in [0.2, 0.25) is 0 Å². The molecule has 4 rings (SSSR count). The summed E-state index contributed by atoms with van der Waals surface area (Å²) in [5.41, 5.74) is 1.88. The molecule has 0 saturated heterocycles. The molecule has 0 atom stereocenters. The number of furan rings is 1. The van der Waals surface area contributed by atoms with Gasteiger partial charge in [0.05, 0.1) is 20.5 Å². The van der Waals surface area contributed by atoms with Gasteiger partial charge in [-0.1, -0.05) is 27.2 Å². The molecule has 0 aliphatic rings. The van der Waals surface area contributed by atoms with E-state index in [1.54, 1.807) is 31.3 Å². The van der Waals surface area contributed by atoms with E-state index in [1.165, 1.54) is 6.26 Å². The number of hydrogen-bond acceptors (Lipinski definition) is 7. The summed E-state index contributed by atoms with van der Waals surface area (Å²) < 4.78 is 22.4. The predicted octanol–water partition coefficient (Wildman–Crippen LogP) is 5.04. The number of aromatic nitrogens is 2. The minimum atomic E-state index is -0.196. The van der Waals surface area contributed by atoms with Gasteiger partial charge in [-0.25, -0.2) is 0 Å².